The molecule has 1 aliphatic rings. The molecule has 154 valence electrons. The summed E-state index contributed by atoms with van der Waals surface area (Å²) in [4.78, 5) is 3.90. The van der Waals surface area contributed by atoms with Crippen LogP contribution in [0.1, 0.15) is 37.7 Å². The third-order valence-electron chi connectivity index (χ3n) is 5.33. The summed E-state index contributed by atoms with van der Waals surface area (Å²) in [6.45, 7) is 1.26. The molecule has 2 aromatic rings. The monoisotopic (exact) mass is 415 g/mol. The fraction of sp³-hybridized carbons (Fsp3) is 0.526. The number of benzene rings is 1. The van der Waals surface area contributed by atoms with E-state index in [1.807, 2.05) is 12.5 Å². The van der Waals surface area contributed by atoms with E-state index >= 15 is 0 Å². The van der Waals surface area contributed by atoms with Crippen LogP contribution in [0.3, 0.4) is 0 Å². The second kappa shape index (κ2) is 8.65. The van der Waals surface area contributed by atoms with Gasteiger partial charge < -0.3 is 4.57 Å². The lowest BCUT2D eigenvalue weighted by Gasteiger charge is -2.28. The molecule has 9 heteroatoms. The molecule has 28 heavy (non-hydrogen) atoms. The number of sulfonamides is 1. The lowest BCUT2D eigenvalue weighted by Crippen LogP contribution is -2.27. The summed E-state index contributed by atoms with van der Waals surface area (Å²) in [5.74, 6) is 1.09. The zero-order valence-electron chi connectivity index (χ0n) is 15.4. The molecule has 0 radical (unpaired) electrons. The molecule has 0 spiro atoms. The second-order valence-electron chi connectivity index (χ2n) is 7.35. The van der Waals surface area contributed by atoms with Gasteiger partial charge in [0.25, 0.3) is 0 Å². The third kappa shape index (κ3) is 5.57. The average molecular weight is 415 g/mol. The highest BCUT2D eigenvalue weighted by Gasteiger charge is 2.30. The maximum Gasteiger partial charge on any atom is 0.416 e. The minimum atomic E-state index is -4.48. The van der Waals surface area contributed by atoms with E-state index in [1.165, 1.54) is 0 Å². The molecule has 5 nitrogen and oxygen atoms in total. The minimum absolute atomic E-state index is 0.149. The Morgan fingerprint density at radius 3 is 2.29 bits per heavy atom. The van der Waals surface area contributed by atoms with Gasteiger partial charge in [-0.05, 0) is 55.4 Å². The lowest BCUT2D eigenvalue weighted by molar-refractivity contribution is -0.137. The first-order valence-corrected chi connectivity index (χ1v) is 10.8. The lowest BCUT2D eigenvalue weighted by atomic mass is 9.80. The Hall–Kier alpha value is -1.87. The van der Waals surface area contributed by atoms with Crippen molar-refractivity contribution in [3.63, 3.8) is 0 Å². The van der Waals surface area contributed by atoms with Crippen LogP contribution in [0.2, 0.25) is 0 Å². The summed E-state index contributed by atoms with van der Waals surface area (Å²) >= 11 is 0. The van der Waals surface area contributed by atoms with Gasteiger partial charge in [-0.15, -0.1) is 0 Å². The van der Waals surface area contributed by atoms with E-state index < -0.39 is 21.8 Å². The summed E-state index contributed by atoms with van der Waals surface area (Å²) in [5, 5.41) is 0. The summed E-state index contributed by atoms with van der Waals surface area (Å²) in [5.41, 5.74) is -0.862. The molecule has 0 amide bonds. The SMILES string of the molecule is O=S(=O)(NCCC1CCC(Cn2ccnc2)CC1)c1ccc(C(F)(F)F)cc1. The van der Waals surface area contributed by atoms with Crippen molar-refractivity contribution in [2.75, 3.05) is 6.54 Å². The van der Waals surface area contributed by atoms with Gasteiger partial charge in [0, 0.05) is 25.5 Å². The number of hydrogen-bond acceptors (Lipinski definition) is 3. The Kier molecular flexibility index (Phi) is 6.44. The molecule has 0 saturated heterocycles. The molecule has 1 aromatic heterocycles. The van der Waals surface area contributed by atoms with Crippen LogP contribution in [-0.2, 0) is 22.7 Å². The van der Waals surface area contributed by atoms with Crippen molar-refractivity contribution < 1.29 is 21.6 Å². The fourth-order valence-corrected chi connectivity index (χ4v) is 4.75. The highest BCUT2D eigenvalue weighted by molar-refractivity contribution is 7.89. The summed E-state index contributed by atoms with van der Waals surface area (Å²) < 4.78 is 66.9. The Balaban J connectivity index is 1.43. The zero-order chi connectivity index (χ0) is 20.2. The highest BCUT2D eigenvalue weighted by Crippen LogP contribution is 2.32. The van der Waals surface area contributed by atoms with Crippen molar-refractivity contribution in [3.05, 3.63) is 48.5 Å². The van der Waals surface area contributed by atoms with Gasteiger partial charge in [0.05, 0.1) is 16.8 Å². The maximum absolute atomic E-state index is 12.6. The predicted octanol–water partition coefficient (Wildman–Crippen LogP) is 4.08. The molecule has 0 aliphatic heterocycles. The Morgan fingerprint density at radius 2 is 1.71 bits per heavy atom. The smallest absolute Gasteiger partial charge is 0.337 e. The number of hydrogen-bond donors (Lipinski definition) is 1. The van der Waals surface area contributed by atoms with E-state index in [9.17, 15) is 21.6 Å². The average Bonchev–Trinajstić information content (AvgIpc) is 3.15. The molecular weight excluding hydrogens is 391 g/mol. The summed E-state index contributed by atoms with van der Waals surface area (Å²) in [6, 6.07) is 3.56. The van der Waals surface area contributed by atoms with Gasteiger partial charge in [0.1, 0.15) is 0 Å². The number of aromatic nitrogens is 2. The normalized spacial score (nSPS) is 21.0. The number of imidazole rings is 1. The molecular formula is C19H24F3N3O2S. The van der Waals surface area contributed by atoms with E-state index in [-0.39, 0.29) is 4.90 Å². The van der Waals surface area contributed by atoms with Gasteiger partial charge >= 0.3 is 6.18 Å². The molecule has 1 aliphatic carbocycles. The van der Waals surface area contributed by atoms with Crippen LogP contribution in [0.5, 0.6) is 0 Å². The molecule has 1 aromatic carbocycles. The first-order chi connectivity index (χ1) is 13.2. The number of nitrogens with one attached hydrogen (secondary N) is 1. The van der Waals surface area contributed by atoms with Crippen LogP contribution in [0.4, 0.5) is 13.2 Å². The summed E-state index contributed by atoms with van der Waals surface area (Å²) in [6.07, 6.45) is 6.13. The van der Waals surface area contributed by atoms with E-state index in [4.69, 9.17) is 0 Å². The Bertz CT molecular complexity index is 842. The second-order valence-corrected chi connectivity index (χ2v) is 9.12. The van der Waals surface area contributed by atoms with Gasteiger partial charge in [-0.25, -0.2) is 18.1 Å². The van der Waals surface area contributed by atoms with Gasteiger partial charge in [0.2, 0.25) is 10.0 Å². The molecule has 1 N–H and O–H groups in total. The molecule has 1 saturated carbocycles. The van der Waals surface area contributed by atoms with Crippen molar-refractivity contribution in [3.8, 4) is 0 Å². The standard InChI is InChI=1S/C19H24F3N3O2S/c20-19(21,22)17-5-7-18(8-6-17)28(26,27)24-10-9-15-1-3-16(4-2-15)13-25-12-11-23-14-25/h5-8,11-12,14-16,24H,1-4,9-10,13H2. The highest BCUT2D eigenvalue weighted by atomic mass is 32.2. The van der Waals surface area contributed by atoms with Crippen LogP contribution >= 0.6 is 0 Å². The van der Waals surface area contributed by atoms with Gasteiger partial charge in [0.15, 0.2) is 0 Å². The van der Waals surface area contributed by atoms with Crippen LogP contribution in [-0.4, -0.2) is 24.5 Å². The number of alkyl halides is 3. The van der Waals surface area contributed by atoms with Gasteiger partial charge in [-0.1, -0.05) is 12.8 Å². The molecule has 0 bridgehead atoms. The van der Waals surface area contributed by atoms with Crippen LogP contribution in [0.15, 0.2) is 47.9 Å². The molecule has 1 heterocycles. The number of halogens is 3. The zero-order valence-corrected chi connectivity index (χ0v) is 16.2. The topological polar surface area (TPSA) is 64.0 Å². The fourth-order valence-electron chi connectivity index (χ4n) is 3.70. The van der Waals surface area contributed by atoms with E-state index in [0.29, 0.717) is 18.4 Å². The van der Waals surface area contributed by atoms with Crippen molar-refractivity contribution in [2.24, 2.45) is 11.8 Å². The van der Waals surface area contributed by atoms with E-state index in [0.717, 1.165) is 62.9 Å². The van der Waals surface area contributed by atoms with Crippen LogP contribution < -0.4 is 4.72 Å². The maximum atomic E-state index is 12.6. The van der Waals surface area contributed by atoms with Crippen LogP contribution in [0.25, 0.3) is 0 Å². The van der Waals surface area contributed by atoms with E-state index in [1.54, 1.807) is 6.20 Å². The van der Waals surface area contributed by atoms with Crippen molar-refractivity contribution in [1.82, 2.24) is 14.3 Å². The van der Waals surface area contributed by atoms with Crippen molar-refractivity contribution in [1.29, 1.82) is 0 Å². The molecule has 3 rings (SSSR count). The molecule has 1 fully saturated rings. The Labute approximate surface area is 163 Å². The quantitative estimate of drug-likeness (QED) is 0.741. The van der Waals surface area contributed by atoms with Crippen LogP contribution in [0, 0.1) is 11.8 Å². The van der Waals surface area contributed by atoms with Crippen molar-refractivity contribution >= 4 is 10.0 Å². The molecule has 0 unspecified atom stereocenters. The van der Waals surface area contributed by atoms with Gasteiger partial charge in [-0.3, -0.25) is 0 Å². The minimum Gasteiger partial charge on any atom is -0.337 e. The molecule has 0 atom stereocenters. The first-order valence-electron chi connectivity index (χ1n) is 9.37. The number of rotatable bonds is 7. The Morgan fingerprint density at radius 1 is 1.07 bits per heavy atom. The van der Waals surface area contributed by atoms with E-state index in [2.05, 4.69) is 14.3 Å². The summed E-state index contributed by atoms with van der Waals surface area (Å²) in [7, 11) is -3.80. The van der Waals surface area contributed by atoms with Gasteiger partial charge in [-0.2, -0.15) is 13.2 Å². The predicted molar refractivity (Wildman–Crippen MR) is 98.9 cm³/mol. The first kappa shape index (κ1) is 20.9. The largest absolute Gasteiger partial charge is 0.416 e. The number of nitrogens with zero attached hydrogens (tertiary/aromatic N) is 2. The third-order valence-corrected chi connectivity index (χ3v) is 6.81. The van der Waals surface area contributed by atoms with Crippen molar-refractivity contribution in [2.45, 2.75) is 49.7 Å².